The number of benzene rings is 2. The molecule has 1 saturated carbocycles. The summed E-state index contributed by atoms with van der Waals surface area (Å²) in [6.07, 6.45) is 1.84. The van der Waals surface area contributed by atoms with E-state index in [0.717, 1.165) is 43.8 Å². The summed E-state index contributed by atoms with van der Waals surface area (Å²) < 4.78 is 5.21. The predicted octanol–water partition coefficient (Wildman–Crippen LogP) is 1.82. The molecule has 34 heavy (non-hydrogen) atoms. The smallest absolute Gasteiger partial charge is 0.255 e. The number of nitrogens with zero attached hydrogens (tertiary/aromatic N) is 3. The molecule has 2 aliphatic heterocycles. The molecule has 178 valence electrons. The van der Waals surface area contributed by atoms with E-state index >= 15 is 0 Å². The molecule has 2 heterocycles. The van der Waals surface area contributed by atoms with Crippen molar-refractivity contribution in [3.8, 4) is 5.75 Å². The summed E-state index contributed by atoms with van der Waals surface area (Å²) >= 11 is 0. The van der Waals surface area contributed by atoms with Crippen LogP contribution < -0.4 is 10.1 Å². The van der Waals surface area contributed by atoms with Gasteiger partial charge < -0.3 is 19.9 Å². The van der Waals surface area contributed by atoms with Gasteiger partial charge in [-0.05, 0) is 42.2 Å². The zero-order valence-electron chi connectivity index (χ0n) is 19.4. The fraction of sp³-hybridized carbons (Fsp3) is 0.423. The molecular weight excluding hydrogens is 432 g/mol. The minimum absolute atomic E-state index is 0.0529. The van der Waals surface area contributed by atoms with Gasteiger partial charge in [-0.25, -0.2) is 0 Å². The fourth-order valence-corrected chi connectivity index (χ4v) is 4.85. The van der Waals surface area contributed by atoms with E-state index in [9.17, 15) is 14.4 Å². The van der Waals surface area contributed by atoms with Crippen molar-refractivity contribution >= 4 is 17.7 Å². The Kier molecular flexibility index (Phi) is 6.24. The highest BCUT2D eigenvalue weighted by atomic mass is 16.5. The van der Waals surface area contributed by atoms with E-state index in [4.69, 9.17) is 4.74 Å². The molecule has 3 aliphatic rings. The number of nitrogens with one attached hydrogen (secondary N) is 1. The molecule has 2 fully saturated rings. The number of rotatable bonds is 7. The molecule has 3 amide bonds. The van der Waals surface area contributed by atoms with Crippen LogP contribution in [-0.2, 0) is 16.1 Å². The van der Waals surface area contributed by atoms with Crippen molar-refractivity contribution in [3.05, 3.63) is 65.2 Å². The third-order valence-corrected chi connectivity index (χ3v) is 6.89. The van der Waals surface area contributed by atoms with Crippen LogP contribution in [0.2, 0.25) is 0 Å². The van der Waals surface area contributed by atoms with Crippen molar-refractivity contribution in [2.75, 3.05) is 39.8 Å². The number of hydrogen-bond acceptors (Lipinski definition) is 5. The van der Waals surface area contributed by atoms with Crippen molar-refractivity contribution in [2.45, 2.75) is 31.5 Å². The van der Waals surface area contributed by atoms with Crippen molar-refractivity contribution < 1.29 is 19.1 Å². The third kappa shape index (κ3) is 4.50. The molecule has 0 spiro atoms. The second kappa shape index (κ2) is 9.46. The SMILES string of the molecule is COc1ccc(CN2CCN(C(=O)CNC(=O)C3c4ccccc4C(=O)N3C3CC3)CC2)cc1. The number of amides is 3. The summed E-state index contributed by atoms with van der Waals surface area (Å²) in [4.78, 5) is 44.5. The summed E-state index contributed by atoms with van der Waals surface area (Å²) in [5.41, 5.74) is 2.53. The Hall–Kier alpha value is -3.39. The Morgan fingerprint density at radius 2 is 1.71 bits per heavy atom. The molecule has 0 aromatic heterocycles. The van der Waals surface area contributed by atoms with E-state index in [1.165, 1.54) is 5.56 Å². The van der Waals surface area contributed by atoms with Crippen molar-refractivity contribution in [1.29, 1.82) is 0 Å². The first-order chi connectivity index (χ1) is 16.5. The Morgan fingerprint density at radius 1 is 1.00 bits per heavy atom. The standard InChI is InChI=1S/C26H30N4O4/c1-34-20-10-6-18(7-11-20)17-28-12-14-29(15-13-28)23(31)16-27-25(32)24-21-4-2-3-5-22(21)26(33)30(24)19-8-9-19/h2-7,10-11,19,24H,8-9,12-17H2,1H3,(H,27,32). The largest absolute Gasteiger partial charge is 0.497 e. The highest BCUT2D eigenvalue weighted by Gasteiger charge is 2.47. The van der Waals surface area contributed by atoms with Crippen molar-refractivity contribution in [2.24, 2.45) is 0 Å². The first-order valence-electron chi connectivity index (χ1n) is 11.9. The maximum absolute atomic E-state index is 13.1. The minimum atomic E-state index is -0.648. The normalized spacial score (nSPS) is 20.3. The van der Waals surface area contributed by atoms with Gasteiger partial charge in [0.25, 0.3) is 5.91 Å². The molecule has 1 N–H and O–H groups in total. The fourth-order valence-electron chi connectivity index (χ4n) is 4.85. The molecule has 8 nitrogen and oxygen atoms in total. The summed E-state index contributed by atoms with van der Waals surface area (Å²) in [6, 6.07) is 14.8. The molecule has 1 saturated heterocycles. The third-order valence-electron chi connectivity index (χ3n) is 6.89. The van der Waals surface area contributed by atoms with Crippen LogP contribution in [0.15, 0.2) is 48.5 Å². The zero-order chi connectivity index (χ0) is 23.7. The van der Waals surface area contributed by atoms with E-state index in [1.807, 2.05) is 30.3 Å². The second-order valence-corrected chi connectivity index (χ2v) is 9.16. The highest BCUT2D eigenvalue weighted by molar-refractivity contribution is 6.05. The van der Waals surface area contributed by atoms with E-state index in [0.29, 0.717) is 18.7 Å². The number of methoxy groups -OCH3 is 1. The zero-order valence-corrected chi connectivity index (χ0v) is 19.4. The van der Waals surface area contributed by atoms with Crippen LogP contribution in [0.5, 0.6) is 5.75 Å². The lowest BCUT2D eigenvalue weighted by Crippen LogP contribution is -2.51. The first-order valence-corrected chi connectivity index (χ1v) is 11.9. The summed E-state index contributed by atoms with van der Waals surface area (Å²) in [5, 5.41) is 2.81. The highest BCUT2D eigenvalue weighted by Crippen LogP contribution is 2.41. The van der Waals surface area contributed by atoms with Crippen LogP contribution in [0.25, 0.3) is 0 Å². The summed E-state index contributed by atoms with van der Waals surface area (Å²) in [7, 11) is 1.66. The Balaban J connectivity index is 1.13. The van der Waals surface area contributed by atoms with Gasteiger partial charge in [0.1, 0.15) is 11.8 Å². The maximum Gasteiger partial charge on any atom is 0.255 e. The molecule has 1 atom stereocenters. The van der Waals surface area contributed by atoms with E-state index in [-0.39, 0.29) is 30.3 Å². The molecule has 5 rings (SSSR count). The number of piperazine rings is 1. The van der Waals surface area contributed by atoms with Crippen LogP contribution in [0.4, 0.5) is 0 Å². The molecule has 0 bridgehead atoms. The van der Waals surface area contributed by atoms with Gasteiger partial charge in [0.15, 0.2) is 0 Å². The van der Waals surface area contributed by atoms with Crippen LogP contribution in [0.1, 0.15) is 40.4 Å². The monoisotopic (exact) mass is 462 g/mol. The van der Waals surface area contributed by atoms with E-state index in [2.05, 4.69) is 22.3 Å². The number of hydrogen-bond donors (Lipinski definition) is 1. The van der Waals surface area contributed by atoms with Gasteiger partial charge in [-0.2, -0.15) is 0 Å². The average molecular weight is 463 g/mol. The van der Waals surface area contributed by atoms with Gasteiger partial charge in [-0.3, -0.25) is 19.3 Å². The lowest BCUT2D eigenvalue weighted by atomic mass is 10.0. The van der Waals surface area contributed by atoms with Crippen LogP contribution in [-0.4, -0.2) is 78.3 Å². The first kappa shape index (κ1) is 22.4. The van der Waals surface area contributed by atoms with Crippen LogP contribution in [0.3, 0.4) is 0 Å². The van der Waals surface area contributed by atoms with Crippen LogP contribution in [0, 0.1) is 0 Å². The lowest BCUT2D eigenvalue weighted by molar-refractivity contribution is -0.135. The van der Waals surface area contributed by atoms with E-state index in [1.54, 1.807) is 23.0 Å². The maximum atomic E-state index is 13.1. The Morgan fingerprint density at radius 3 is 2.38 bits per heavy atom. The number of carbonyl (C=O) groups is 3. The van der Waals surface area contributed by atoms with Crippen molar-refractivity contribution in [3.63, 3.8) is 0 Å². The van der Waals surface area contributed by atoms with Crippen LogP contribution >= 0.6 is 0 Å². The van der Waals surface area contributed by atoms with Gasteiger partial charge in [-0.15, -0.1) is 0 Å². The average Bonchev–Trinajstić information content (AvgIpc) is 3.67. The molecule has 1 unspecified atom stereocenters. The molecule has 2 aromatic carbocycles. The minimum Gasteiger partial charge on any atom is -0.497 e. The molecular formula is C26H30N4O4. The molecule has 0 radical (unpaired) electrons. The van der Waals surface area contributed by atoms with Gasteiger partial charge in [0.2, 0.25) is 11.8 Å². The Labute approximate surface area is 199 Å². The quantitative estimate of drug-likeness (QED) is 0.679. The second-order valence-electron chi connectivity index (χ2n) is 9.16. The predicted molar refractivity (Wildman–Crippen MR) is 126 cm³/mol. The molecule has 8 heteroatoms. The van der Waals surface area contributed by atoms with Crippen molar-refractivity contribution in [1.82, 2.24) is 20.0 Å². The van der Waals surface area contributed by atoms with Gasteiger partial charge in [0, 0.05) is 44.3 Å². The number of ether oxygens (including phenoxy) is 1. The number of carbonyl (C=O) groups excluding carboxylic acids is 3. The summed E-state index contributed by atoms with van der Waals surface area (Å²) in [5.74, 6) is 0.384. The van der Waals surface area contributed by atoms with Gasteiger partial charge in [-0.1, -0.05) is 30.3 Å². The van der Waals surface area contributed by atoms with E-state index < -0.39 is 6.04 Å². The van der Waals surface area contributed by atoms with Gasteiger partial charge >= 0.3 is 0 Å². The topological polar surface area (TPSA) is 82.2 Å². The lowest BCUT2D eigenvalue weighted by Gasteiger charge is -2.35. The Bertz CT molecular complexity index is 1070. The summed E-state index contributed by atoms with van der Waals surface area (Å²) in [6.45, 7) is 3.60. The molecule has 2 aromatic rings. The van der Waals surface area contributed by atoms with Gasteiger partial charge in [0.05, 0.1) is 13.7 Å². The molecule has 1 aliphatic carbocycles. The number of fused-ring (bicyclic) bond motifs is 1.